The summed E-state index contributed by atoms with van der Waals surface area (Å²) in [5, 5.41) is 12.9. The summed E-state index contributed by atoms with van der Waals surface area (Å²) in [4.78, 5) is 5.15. The Balaban J connectivity index is 1.71. The van der Waals surface area contributed by atoms with Gasteiger partial charge in [-0.15, -0.1) is 5.10 Å². The molecular formula is C22H36N6. The topological polar surface area (TPSA) is 50.1 Å². The van der Waals surface area contributed by atoms with Crippen LogP contribution in [0.4, 0.5) is 0 Å². The highest BCUT2D eigenvalue weighted by molar-refractivity contribution is 5.14. The molecule has 154 valence electrons. The number of tetrazole rings is 1. The first-order valence-corrected chi connectivity index (χ1v) is 10.7. The molecule has 1 fully saturated rings. The van der Waals surface area contributed by atoms with E-state index in [-0.39, 0.29) is 11.6 Å². The summed E-state index contributed by atoms with van der Waals surface area (Å²) in [7, 11) is 0. The number of rotatable bonds is 8. The van der Waals surface area contributed by atoms with E-state index in [0.717, 1.165) is 51.4 Å². The van der Waals surface area contributed by atoms with Gasteiger partial charge in [0.25, 0.3) is 0 Å². The summed E-state index contributed by atoms with van der Waals surface area (Å²) in [5.41, 5.74) is 1.33. The first-order chi connectivity index (χ1) is 13.4. The van der Waals surface area contributed by atoms with Crippen LogP contribution in [-0.2, 0) is 12.1 Å². The number of hydrogen-bond acceptors (Lipinski definition) is 5. The maximum absolute atomic E-state index is 4.49. The van der Waals surface area contributed by atoms with Gasteiger partial charge in [0.15, 0.2) is 5.82 Å². The van der Waals surface area contributed by atoms with Crippen LogP contribution < -0.4 is 0 Å². The molecule has 0 spiro atoms. The van der Waals surface area contributed by atoms with Gasteiger partial charge in [-0.05, 0) is 48.6 Å². The first kappa shape index (κ1) is 20.9. The van der Waals surface area contributed by atoms with Crippen molar-refractivity contribution in [3.63, 3.8) is 0 Å². The van der Waals surface area contributed by atoms with Crippen LogP contribution in [0.1, 0.15) is 64.9 Å². The van der Waals surface area contributed by atoms with E-state index < -0.39 is 0 Å². The molecule has 28 heavy (non-hydrogen) atoms. The van der Waals surface area contributed by atoms with Crippen molar-refractivity contribution < 1.29 is 0 Å². The van der Waals surface area contributed by atoms with Crippen LogP contribution in [0.3, 0.4) is 0 Å². The third-order valence-corrected chi connectivity index (χ3v) is 6.02. The lowest BCUT2D eigenvalue weighted by atomic mass is 9.98. The van der Waals surface area contributed by atoms with Gasteiger partial charge >= 0.3 is 0 Å². The lowest BCUT2D eigenvalue weighted by molar-refractivity contribution is 0.0737. The van der Waals surface area contributed by atoms with Gasteiger partial charge in [-0.3, -0.25) is 9.80 Å². The lowest BCUT2D eigenvalue weighted by Gasteiger charge is -2.40. The second-order valence-electron chi connectivity index (χ2n) is 9.06. The molecule has 0 saturated carbocycles. The van der Waals surface area contributed by atoms with E-state index in [0.29, 0.717) is 5.92 Å². The summed E-state index contributed by atoms with van der Waals surface area (Å²) in [6.45, 7) is 16.5. The van der Waals surface area contributed by atoms with Crippen LogP contribution >= 0.6 is 0 Å². The molecule has 1 saturated heterocycles. The molecule has 1 aliphatic heterocycles. The van der Waals surface area contributed by atoms with Gasteiger partial charge in [0.05, 0.1) is 11.6 Å². The second kappa shape index (κ2) is 9.14. The highest BCUT2D eigenvalue weighted by Crippen LogP contribution is 2.30. The van der Waals surface area contributed by atoms with Crippen molar-refractivity contribution in [3.05, 3.63) is 41.7 Å². The Hall–Kier alpha value is -1.79. The fraction of sp³-hybridized carbons (Fsp3) is 0.682. The Bertz CT molecular complexity index is 716. The van der Waals surface area contributed by atoms with Crippen LogP contribution in [-0.4, -0.2) is 56.2 Å². The van der Waals surface area contributed by atoms with Gasteiger partial charge in [-0.25, -0.2) is 4.68 Å². The predicted octanol–water partition coefficient (Wildman–Crippen LogP) is 3.72. The summed E-state index contributed by atoms with van der Waals surface area (Å²) in [6, 6.07) is 11.0. The zero-order valence-electron chi connectivity index (χ0n) is 18.2. The van der Waals surface area contributed by atoms with Crippen molar-refractivity contribution in [1.29, 1.82) is 0 Å². The molecule has 3 rings (SSSR count). The monoisotopic (exact) mass is 384 g/mol. The molecule has 0 N–H and O–H groups in total. The van der Waals surface area contributed by atoms with E-state index in [4.69, 9.17) is 0 Å². The van der Waals surface area contributed by atoms with Gasteiger partial charge in [-0.1, -0.05) is 51.1 Å². The van der Waals surface area contributed by atoms with E-state index in [9.17, 15) is 0 Å². The van der Waals surface area contributed by atoms with Gasteiger partial charge < -0.3 is 0 Å². The van der Waals surface area contributed by atoms with E-state index in [1.54, 1.807) is 0 Å². The molecule has 1 aromatic heterocycles. The minimum atomic E-state index is -0.0663. The van der Waals surface area contributed by atoms with Crippen molar-refractivity contribution >= 4 is 0 Å². The molecule has 6 nitrogen and oxygen atoms in total. The van der Waals surface area contributed by atoms with E-state index in [1.807, 2.05) is 0 Å². The minimum Gasteiger partial charge on any atom is -0.297 e. The normalized spacial score (nSPS) is 17.9. The average Bonchev–Trinajstić information content (AvgIpc) is 3.18. The Morgan fingerprint density at radius 3 is 2.32 bits per heavy atom. The Morgan fingerprint density at radius 2 is 1.71 bits per heavy atom. The number of nitrogens with zero attached hydrogens (tertiary/aromatic N) is 6. The molecule has 0 aliphatic carbocycles. The summed E-state index contributed by atoms with van der Waals surface area (Å²) < 4.78 is 2.07. The first-order valence-electron chi connectivity index (χ1n) is 10.7. The third-order valence-electron chi connectivity index (χ3n) is 6.02. The minimum absolute atomic E-state index is 0.0663. The highest BCUT2D eigenvalue weighted by atomic mass is 15.6. The molecule has 1 aliphatic rings. The van der Waals surface area contributed by atoms with Crippen LogP contribution in [0.25, 0.3) is 0 Å². The Kier molecular flexibility index (Phi) is 6.83. The van der Waals surface area contributed by atoms with E-state index in [2.05, 4.69) is 95.0 Å². The number of benzene rings is 1. The van der Waals surface area contributed by atoms with Gasteiger partial charge in [0.1, 0.15) is 0 Å². The van der Waals surface area contributed by atoms with Crippen LogP contribution in [0, 0.1) is 5.92 Å². The molecule has 0 bridgehead atoms. The summed E-state index contributed by atoms with van der Waals surface area (Å²) in [5.74, 6) is 1.62. The van der Waals surface area contributed by atoms with E-state index >= 15 is 0 Å². The van der Waals surface area contributed by atoms with Crippen LogP contribution in [0.5, 0.6) is 0 Å². The zero-order chi connectivity index (χ0) is 20.1. The van der Waals surface area contributed by atoms with Crippen molar-refractivity contribution in [3.8, 4) is 0 Å². The standard InChI is InChI=1S/C22H36N6/c1-6-22(4,5)28-21(23-24-25-28)20(16-18(2)3)27-14-12-26(13-15-27)17-19-10-8-7-9-11-19/h7-11,18,20H,6,12-17H2,1-5H3/t20-/m0/s1. The third kappa shape index (κ3) is 4.97. The van der Waals surface area contributed by atoms with Crippen molar-refractivity contribution in [2.24, 2.45) is 5.92 Å². The molecule has 0 radical (unpaired) electrons. The molecule has 6 heteroatoms. The molecular weight excluding hydrogens is 348 g/mol. The molecule has 1 aromatic carbocycles. The molecule has 0 unspecified atom stereocenters. The molecule has 0 amide bonds. The summed E-state index contributed by atoms with van der Waals surface area (Å²) >= 11 is 0. The largest absolute Gasteiger partial charge is 0.297 e. The molecule has 2 heterocycles. The second-order valence-corrected chi connectivity index (χ2v) is 9.06. The highest BCUT2D eigenvalue weighted by Gasteiger charge is 2.33. The van der Waals surface area contributed by atoms with Gasteiger partial charge in [0.2, 0.25) is 0 Å². The fourth-order valence-electron chi connectivity index (χ4n) is 3.92. The van der Waals surface area contributed by atoms with Crippen molar-refractivity contribution in [2.75, 3.05) is 26.2 Å². The zero-order valence-corrected chi connectivity index (χ0v) is 18.2. The summed E-state index contributed by atoms with van der Waals surface area (Å²) in [6.07, 6.45) is 2.09. The van der Waals surface area contributed by atoms with Crippen LogP contribution in [0.15, 0.2) is 30.3 Å². The molecule has 2 aromatic rings. The van der Waals surface area contributed by atoms with Crippen molar-refractivity contribution in [2.45, 2.75) is 65.6 Å². The SMILES string of the molecule is CCC(C)(C)n1nnnc1[C@H](CC(C)C)N1CCN(Cc2ccccc2)CC1. The lowest BCUT2D eigenvalue weighted by Crippen LogP contribution is -2.48. The van der Waals surface area contributed by atoms with Gasteiger partial charge in [0, 0.05) is 32.7 Å². The number of aromatic nitrogens is 4. The maximum atomic E-state index is 4.49. The Labute approximate surface area is 169 Å². The number of piperazine rings is 1. The van der Waals surface area contributed by atoms with Crippen molar-refractivity contribution in [1.82, 2.24) is 30.0 Å². The average molecular weight is 385 g/mol. The van der Waals surface area contributed by atoms with E-state index in [1.165, 1.54) is 5.56 Å². The van der Waals surface area contributed by atoms with Crippen LogP contribution in [0.2, 0.25) is 0 Å². The quantitative estimate of drug-likeness (QED) is 0.694. The predicted molar refractivity (Wildman–Crippen MR) is 113 cm³/mol. The molecule has 1 atom stereocenters. The fourth-order valence-corrected chi connectivity index (χ4v) is 3.92. The Morgan fingerprint density at radius 1 is 1.04 bits per heavy atom. The van der Waals surface area contributed by atoms with Gasteiger partial charge in [-0.2, -0.15) is 0 Å². The number of hydrogen-bond donors (Lipinski definition) is 0. The maximum Gasteiger partial charge on any atom is 0.168 e. The smallest absolute Gasteiger partial charge is 0.168 e.